The van der Waals surface area contributed by atoms with Crippen molar-refractivity contribution in [1.82, 2.24) is 0 Å². The van der Waals surface area contributed by atoms with Gasteiger partial charge in [-0.2, -0.15) is 0 Å². The molecule has 0 bridgehead atoms. The number of sulfone groups is 1. The number of benzene rings is 2. The van der Waals surface area contributed by atoms with E-state index in [4.69, 9.17) is 11.5 Å². The van der Waals surface area contributed by atoms with Gasteiger partial charge < -0.3 is 11.5 Å². The van der Waals surface area contributed by atoms with Crippen LogP contribution in [0, 0.1) is 0 Å². The van der Waals surface area contributed by atoms with Crippen LogP contribution in [0.25, 0.3) is 0 Å². The summed E-state index contributed by atoms with van der Waals surface area (Å²) in [5, 5.41) is 0. The normalized spacial score (nSPS) is 12.6. The Kier molecular flexibility index (Phi) is 6.73. The lowest BCUT2D eigenvalue weighted by molar-refractivity contribution is 0.588. The molecular weight excluding hydrogens is 380 g/mol. The molecule has 4 N–H and O–H groups in total. The summed E-state index contributed by atoms with van der Waals surface area (Å²) in [4.78, 5) is 0.707. The highest BCUT2D eigenvalue weighted by Crippen LogP contribution is 2.47. The minimum Gasteiger partial charge on any atom is -0.399 e. The molecule has 2 aromatic carbocycles. The van der Waals surface area contributed by atoms with Crippen molar-refractivity contribution in [2.45, 2.75) is 88.9 Å². The van der Waals surface area contributed by atoms with Gasteiger partial charge in [-0.05, 0) is 70.2 Å². The largest absolute Gasteiger partial charge is 0.399 e. The minimum atomic E-state index is -3.75. The van der Waals surface area contributed by atoms with Crippen LogP contribution < -0.4 is 11.5 Å². The van der Waals surface area contributed by atoms with Crippen LogP contribution in [0.3, 0.4) is 0 Å². The van der Waals surface area contributed by atoms with Crippen molar-refractivity contribution < 1.29 is 8.42 Å². The standard InChI is InChI=1S/C24H36N2O2S/c1-13(2)19-21(15(5)6)24(22(16(7)8)20(14(3)4)23(19)26)29(27,28)18-11-9-17(25)10-12-18/h9-16H,25-26H2,1-8H3. The van der Waals surface area contributed by atoms with Gasteiger partial charge >= 0.3 is 0 Å². The molecule has 0 aliphatic rings. The van der Waals surface area contributed by atoms with Gasteiger partial charge in [0.05, 0.1) is 9.79 Å². The van der Waals surface area contributed by atoms with E-state index in [1.165, 1.54) is 0 Å². The van der Waals surface area contributed by atoms with E-state index in [-0.39, 0.29) is 28.6 Å². The third-order valence-electron chi connectivity index (χ3n) is 5.42. The average molecular weight is 417 g/mol. The molecule has 4 nitrogen and oxygen atoms in total. The summed E-state index contributed by atoms with van der Waals surface area (Å²) in [5.41, 5.74) is 17.4. The maximum absolute atomic E-state index is 14.0. The van der Waals surface area contributed by atoms with E-state index in [1.807, 2.05) is 27.7 Å². The van der Waals surface area contributed by atoms with E-state index in [2.05, 4.69) is 27.7 Å². The summed E-state index contributed by atoms with van der Waals surface area (Å²) < 4.78 is 27.9. The molecule has 0 aliphatic heterocycles. The molecule has 5 heteroatoms. The first-order valence-electron chi connectivity index (χ1n) is 10.4. The van der Waals surface area contributed by atoms with Crippen LogP contribution in [0.1, 0.15) is 101 Å². The SMILES string of the molecule is CC(C)c1c(N)c(C(C)C)c(C(C)C)c(S(=O)(=O)c2ccc(N)cc2)c1C(C)C. The Labute approximate surface area is 176 Å². The summed E-state index contributed by atoms with van der Waals surface area (Å²) in [7, 11) is -3.75. The first-order chi connectivity index (χ1) is 13.3. The molecule has 29 heavy (non-hydrogen) atoms. The van der Waals surface area contributed by atoms with Crippen LogP contribution in [0.5, 0.6) is 0 Å². The van der Waals surface area contributed by atoms with Gasteiger partial charge in [-0.15, -0.1) is 0 Å². The van der Waals surface area contributed by atoms with Crippen LogP contribution in [0.2, 0.25) is 0 Å². The van der Waals surface area contributed by atoms with Crippen molar-refractivity contribution in [1.29, 1.82) is 0 Å². The number of rotatable bonds is 6. The van der Waals surface area contributed by atoms with E-state index in [0.717, 1.165) is 27.9 Å². The van der Waals surface area contributed by atoms with Crippen LogP contribution >= 0.6 is 0 Å². The van der Waals surface area contributed by atoms with E-state index in [0.29, 0.717) is 10.6 Å². The average Bonchev–Trinajstić information content (AvgIpc) is 2.59. The molecule has 0 radical (unpaired) electrons. The minimum absolute atomic E-state index is 0.0203. The monoisotopic (exact) mass is 416 g/mol. The van der Waals surface area contributed by atoms with Crippen molar-refractivity contribution in [3.05, 3.63) is 46.5 Å². The van der Waals surface area contributed by atoms with Crippen LogP contribution in [0.4, 0.5) is 11.4 Å². The lowest BCUT2D eigenvalue weighted by atomic mass is 9.79. The zero-order valence-electron chi connectivity index (χ0n) is 19.0. The van der Waals surface area contributed by atoms with Crippen molar-refractivity contribution in [3.63, 3.8) is 0 Å². The number of anilines is 2. The Morgan fingerprint density at radius 3 is 1.28 bits per heavy atom. The number of hydrogen-bond donors (Lipinski definition) is 2. The fourth-order valence-corrected chi connectivity index (χ4v) is 6.27. The first-order valence-corrected chi connectivity index (χ1v) is 11.9. The lowest BCUT2D eigenvalue weighted by Gasteiger charge is -2.31. The molecule has 0 unspecified atom stereocenters. The lowest BCUT2D eigenvalue weighted by Crippen LogP contribution is -2.20. The van der Waals surface area contributed by atoms with E-state index >= 15 is 0 Å². The number of hydrogen-bond acceptors (Lipinski definition) is 4. The van der Waals surface area contributed by atoms with Gasteiger partial charge in [0.25, 0.3) is 0 Å². The van der Waals surface area contributed by atoms with E-state index in [9.17, 15) is 8.42 Å². The Morgan fingerprint density at radius 2 is 0.966 bits per heavy atom. The maximum Gasteiger partial charge on any atom is 0.207 e. The van der Waals surface area contributed by atoms with Crippen LogP contribution in [0.15, 0.2) is 34.1 Å². The molecule has 2 rings (SSSR count). The molecule has 0 amide bonds. The third kappa shape index (κ3) is 4.16. The zero-order valence-corrected chi connectivity index (χ0v) is 19.8. The third-order valence-corrected chi connectivity index (χ3v) is 7.29. The molecule has 0 fully saturated rings. The smallest absolute Gasteiger partial charge is 0.207 e. The molecule has 160 valence electrons. The Hall–Kier alpha value is -2.01. The van der Waals surface area contributed by atoms with E-state index in [1.54, 1.807) is 24.3 Å². The first kappa shape index (κ1) is 23.3. The van der Waals surface area contributed by atoms with Gasteiger partial charge in [0.1, 0.15) is 0 Å². The maximum atomic E-state index is 14.0. The van der Waals surface area contributed by atoms with Crippen molar-refractivity contribution in [3.8, 4) is 0 Å². The van der Waals surface area contributed by atoms with Crippen molar-refractivity contribution in [2.24, 2.45) is 0 Å². The van der Waals surface area contributed by atoms with Crippen LogP contribution in [-0.4, -0.2) is 8.42 Å². The second-order valence-electron chi connectivity index (χ2n) is 9.09. The molecule has 2 aromatic rings. The molecule has 0 saturated carbocycles. The molecule has 0 aromatic heterocycles. The van der Waals surface area contributed by atoms with Crippen LogP contribution in [-0.2, 0) is 9.84 Å². The zero-order chi connectivity index (χ0) is 22.3. The highest BCUT2D eigenvalue weighted by Gasteiger charge is 2.34. The highest BCUT2D eigenvalue weighted by atomic mass is 32.2. The topological polar surface area (TPSA) is 86.2 Å². The van der Waals surface area contributed by atoms with Gasteiger partial charge in [0.15, 0.2) is 0 Å². The predicted molar refractivity (Wildman–Crippen MR) is 124 cm³/mol. The Morgan fingerprint density at radius 1 is 0.621 bits per heavy atom. The van der Waals surface area contributed by atoms with Gasteiger partial charge in [0, 0.05) is 11.4 Å². The second kappa shape index (κ2) is 8.39. The molecule has 0 heterocycles. The summed E-state index contributed by atoms with van der Waals surface area (Å²) >= 11 is 0. The summed E-state index contributed by atoms with van der Waals surface area (Å²) in [6.07, 6.45) is 0. The summed E-state index contributed by atoms with van der Waals surface area (Å²) in [6.45, 7) is 16.5. The van der Waals surface area contributed by atoms with Gasteiger partial charge in [-0.25, -0.2) is 8.42 Å². The number of nitrogens with two attached hydrogens (primary N) is 2. The van der Waals surface area contributed by atoms with Crippen molar-refractivity contribution in [2.75, 3.05) is 11.5 Å². The highest BCUT2D eigenvalue weighted by molar-refractivity contribution is 7.91. The predicted octanol–water partition coefficient (Wildman–Crippen LogP) is 6.18. The fraction of sp³-hybridized carbons (Fsp3) is 0.500. The van der Waals surface area contributed by atoms with Gasteiger partial charge in [0.2, 0.25) is 9.84 Å². The Balaban J connectivity index is 3.15. The summed E-state index contributed by atoms with van der Waals surface area (Å²) in [5.74, 6) is 0.275. The molecule has 0 saturated heterocycles. The van der Waals surface area contributed by atoms with Gasteiger partial charge in [-0.1, -0.05) is 55.4 Å². The molecule has 0 spiro atoms. The summed E-state index contributed by atoms with van der Waals surface area (Å²) in [6, 6.07) is 6.47. The molecular formula is C24H36N2O2S. The quantitative estimate of drug-likeness (QED) is 0.551. The van der Waals surface area contributed by atoms with Crippen molar-refractivity contribution >= 4 is 21.2 Å². The van der Waals surface area contributed by atoms with E-state index < -0.39 is 9.84 Å². The Bertz CT molecular complexity index is 946. The second-order valence-corrected chi connectivity index (χ2v) is 11.0. The molecule has 0 atom stereocenters. The van der Waals surface area contributed by atoms with Gasteiger partial charge in [-0.3, -0.25) is 0 Å². The fourth-order valence-electron chi connectivity index (χ4n) is 4.27. The number of nitrogen functional groups attached to an aromatic ring is 2. The molecule has 0 aliphatic carbocycles.